The number of nitrogens with zero attached hydrogens (tertiary/aromatic N) is 1. The third-order valence-corrected chi connectivity index (χ3v) is 1.86. The van der Waals surface area contributed by atoms with Gasteiger partial charge in [-0.2, -0.15) is 0 Å². The van der Waals surface area contributed by atoms with Gasteiger partial charge < -0.3 is 15.1 Å². The first-order chi connectivity index (χ1) is 6.50. The van der Waals surface area contributed by atoms with Crippen molar-refractivity contribution >= 4 is 34.7 Å². The normalized spacial score (nSPS) is 9.86. The minimum Gasteiger partial charge on any atom is -0.440 e. The first-order valence-corrected chi connectivity index (χ1v) is 4.58. The van der Waals surface area contributed by atoms with Crippen LogP contribution in [0.2, 0.25) is 5.22 Å². The molecule has 1 heterocycles. The van der Waals surface area contributed by atoms with Crippen molar-refractivity contribution in [2.75, 3.05) is 13.6 Å². The molecule has 4 nitrogen and oxygen atoms in total. The molecule has 0 saturated carbocycles. The van der Waals surface area contributed by atoms with Crippen LogP contribution in [0.25, 0.3) is 0 Å². The lowest BCUT2D eigenvalue weighted by atomic mass is 10.4. The topological polar surface area (TPSA) is 59.5 Å². The Morgan fingerprint density at radius 1 is 1.71 bits per heavy atom. The fourth-order valence-corrected chi connectivity index (χ4v) is 1.26. The number of thiocarbonyl (C=S) groups is 1. The van der Waals surface area contributed by atoms with Gasteiger partial charge in [-0.15, -0.1) is 0 Å². The molecule has 1 amide bonds. The number of carbonyl (C=O) groups is 1. The van der Waals surface area contributed by atoms with Crippen LogP contribution in [-0.2, 0) is 0 Å². The number of nitrogens with two attached hydrogens (primary N) is 1. The maximum atomic E-state index is 11.6. The van der Waals surface area contributed by atoms with E-state index < -0.39 is 0 Å². The lowest BCUT2D eigenvalue weighted by molar-refractivity contribution is 0.0784. The second-order valence-corrected chi connectivity index (χ2v) is 3.63. The fraction of sp³-hybridized carbons (Fsp3) is 0.250. The molecule has 0 aliphatic carbocycles. The Kier molecular flexibility index (Phi) is 3.49. The van der Waals surface area contributed by atoms with Gasteiger partial charge in [0.25, 0.3) is 5.91 Å². The van der Waals surface area contributed by atoms with Crippen LogP contribution in [0.1, 0.15) is 10.6 Å². The third kappa shape index (κ3) is 2.71. The van der Waals surface area contributed by atoms with Gasteiger partial charge in [0, 0.05) is 7.05 Å². The van der Waals surface area contributed by atoms with Gasteiger partial charge >= 0.3 is 0 Å². The Morgan fingerprint density at radius 2 is 2.36 bits per heavy atom. The van der Waals surface area contributed by atoms with Gasteiger partial charge in [-0.25, -0.2) is 0 Å². The molecule has 1 aromatic rings. The van der Waals surface area contributed by atoms with Crippen LogP contribution < -0.4 is 5.73 Å². The van der Waals surface area contributed by atoms with E-state index in [9.17, 15) is 4.79 Å². The zero-order valence-corrected chi connectivity index (χ0v) is 9.06. The van der Waals surface area contributed by atoms with E-state index in [1.54, 1.807) is 7.05 Å². The Balaban J connectivity index is 2.70. The maximum absolute atomic E-state index is 11.6. The summed E-state index contributed by atoms with van der Waals surface area (Å²) < 4.78 is 4.94. The lowest BCUT2D eigenvalue weighted by Crippen LogP contribution is -2.34. The van der Waals surface area contributed by atoms with Crippen LogP contribution in [-0.4, -0.2) is 29.4 Å². The van der Waals surface area contributed by atoms with Crippen LogP contribution >= 0.6 is 23.8 Å². The Labute approximate surface area is 91.6 Å². The van der Waals surface area contributed by atoms with E-state index in [2.05, 4.69) is 12.2 Å². The molecule has 0 aromatic carbocycles. The van der Waals surface area contributed by atoms with Crippen molar-refractivity contribution in [3.8, 4) is 0 Å². The Hall–Kier alpha value is -1.07. The number of furan rings is 1. The molecular formula is C8H9ClN2O2S. The van der Waals surface area contributed by atoms with Gasteiger partial charge in [0.2, 0.25) is 0 Å². The molecule has 14 heavy (non-hydrogen) atoms. The molecule has 0 unspecified atom stereocenters. The Morgan fingerprint density at radius 3 is 2.79 bits per heavy atom. The standard InChI is InChI=1S/C8H9ClN2O2S/c1-11(4-7(10)14)8(12)5-2-3-6(9)13-5/h2-3H,4H2,1H3,(H2,10,14). The van der Waals surface area contributed by atoms with E-state index in [0.717, 1.165) is 0 Å². The smallest absolute Gasteiger partial charge is 0.289 e. The van der Waals surface area contributed by atoms with Crippen LogP contribution in [0.4, 0.5) is 0 Å². The quantitative estimate of drug-likeness (QED) is 0.798. The van der Waals surface area contributed by atoms with Gasteiger partial charge in [0.15, 0.2) is 11.0 Å². The van der Waals surface area contributed by atoms with Crippen LogP contribution in [0, 0.1) is 0 Å². The number of amides is 1. The third-order valence-electron chi connectivity index (χ3n) is 1.52. The molecule has 0 aliphatic rings. The maximum Gasteiger partial charge on any atom is 0.289 e. The number of rotatable bonds is 3. The van der Waals surface area contributed by atoms with Crippen molar-refractivity contribution in [3.63, 3.8) is 0 Å². The van der Waals surface area contributed by atoms with E-state index in [1.165, 1.54) is 17.0 Å². The van der Waals surface area contributed by atoms with Crippen molar-refractivity contribution in [1.29, 1.82) is 0 Å². The fourth-order valence-electron chi connectivity index (χ4n) is 0.923. The molecule has 76 valence electrons. The molecule has 2 N–H and O–H groups in total. The highest BCUT2D eigenvalue weighted by molar-refractivity contribution is 7.80. The van der Waals surface area contributed by atoms with Crippen LogP contribution in [0.3, 0.4) is 0 Å². The highest BCUT2D eigenvalue weighted by Gasteiger charge is 2.15. The number of hydrogen-bond donors (Lipinski definition) is 1. The van der Waals surface area contributed by atoms with E-state index in [-0.39, 0.29) is 28.4 Å². The molecular weight excluding hydrogens is 224 g/mol. The number of likely N-dealkylation sites (N-methyl/N-ethyl adjacent to an activating group) is 1. The highest BCUT2D eigenvalue weighted by atomic mass is 35.5. The summed E-state index contributed by atoms with van der Waals surface area (Å²) >= 11 is 10.2. The number of carbonyl (C=O) groups excluding carboxylic acids is 1. The van der Waals surface area contributed by atoms with E-state index in [4.69, 9.17) is 21.8 Å². The first kappa shape index (κ1) is 11.0. The predicted molar refractivity (Wildman–Crippen MR) is 57.5 cm³/mol. The zero-order chi connectivity index (χ0) is 10.7. The predicted octanol–water partition coefficient (Wildman–Crippen LogP) is 1.29. The van der Waals surface area contributed by atoms with E-state index in [0.29, 0.717) is 0 Å². The molecule has 0 radical (unpaired) electrons. The molecule has 0 saturated heterocycles. The van der Waals surface area contributed by atoms with E-state index in [1.807, 2.05) is 0 Å². The molecule has 1 rings (SSSR count). The van der Waals surface area contributed by atoms with Crippen molar-refractivity contribution in [1.82, 2.24) is 4.90 Å². The molecule has 6 heteroatoms. The summed E-state index contributed by atoms with van der Waals surface area (Å²) in [5.74, 6) is -0.126. The highest BCUT2D eigenvalue weighted by Crippen LogP contribution is 2.14. The van der Waals surface area contributed by atoms with Gasteiger partial charge in [-0.05, 0) is 23.7 Å². The van der Waals surface area contributed by atoms with Crippen molar-refractivity contribution in [3.05, 3.63) is 23.1 Å². The van der Waals surface area contributed by atoms with Gasteiger partial charge in [0.1, 0.15) is 0 Å². The summed E-state index contributed by atoms with van der Waals surface area (Å²) in [5.41, 5.74) is 5.30. The summed E-state index contributed by atoms with van der Waals surface area (Å²) in [5, 5.41) is 0.178. The van der Waals surface area contributed by atoms with Crippen molar-refractivity contribution < 1.29 is 9.21 Å². The molecule has 0 spiro atoms. The second-order valence-electron chi connectivity index (χ2n) is 2.73. The Bertz CT molecular complexity index is 364. The molecule has 0 bridgehead atoms. The molecule has 0 aliphatic heterocycles. The van der Waals surface area contributed by atoms with Gasteiger partial charge in [0.05, 0.1) is 11.5 Å². The van der Waals surface area contributed by atoms with Crippen LogP contribution in [0.15, 0.2) is 16.5 Å². The van der Waals surface area contributed by atoms with Crippen LogP contribution in [0.5, 0.6) is 0 Å². The van der Waals surface area contributed by atoms with Gasteiger partial charge in [-0.1, -0.05) is 12.2 Å². The van der Waals surface area contributed by atoms with Crippen molar-refractivity contribution in [2.45, 2.75) is 0 Å². The average molecular weight is 233 g/mol. The van der Waals surface area contributed by atoms with E-state index >= 15 is 0 Å². The first-order valence-electron chi connectivity index (χ1n) is 3.80. The monoisotopic (exact) mass is 232 g/mol. The van der Waals surface area contributed by atoms with Gasteiger partial charge in [-0.3, -0.25) is 4.79 Å². The minimum atomic E-state index is -0.301. The number of hydrogen-bond acceptors (Lipinski definition) is 3. The summed E-state index contributed by atoms with van der Waals surface area (Å²) in [6.07, 6.45) is 0. The average Bonchev–Trinajstić information content (AvgIpc) is 2.49. The second kappa shape index (κ2) is 4.43. The SMILES string of the molecule is CN(CC(N)=S)C(=O)c1ccc(Cl)o1. The lowest BCUT2D eigenvalue weighted by Gasteiger charge is -2.13. The molecule has 1 aromatic heterocycles. The summed E-state index contributed by atoms with van der Waals surface area (Å²) in [4.78, 5) is 13.2. The number of halogens is 1. The summed E-state index contributed by atoms with van der Waals surface area (Å²) in [7, 11) is 1.58. The minimum absolute atomic E-state index is 0.175. The summed E-state index contributed by atoms with van der Waals surface area (Å²) in [6.45, 7) is 0.215. The zero-order valence-electron chi connectivity index (χ0n) is 7.49. The largest absolute Gasteiger partial charge is 0.440 e. The van der Waals surface area contributed by atoms with Crippen molar-refractivity contribution in [2.24, 2.45) is 5.73 Å². The summed E-state index contributed by atoms with van der Waals surface area (Å²) in [6, 6.07) is 3.00. The molecule has 0 atom stereocenters. The molecule has 0 fully saturated rings.